The maximum absolute atomic E-state index is 15.0. The van der Waals surface area contributed by atoms with E-state index in [4.69, 9.17) is 15.7 Å². The highest BCUT2D eigenvalue weighted by atomic mass is 19.4. The summed E-state index contributed by atoms with van der Waals surface area (Å²) in [5.41, 5.74) is 3.89. The molecule has 0 aliphatic carbocycles. The molecule has 0 saturated carbocycles. The molecule has 1 saturated heterocycles. The van der Waals surface area contributed by atoms with E-state index in [1.165, 1.54) is 31.4 Å². The fraction of sp³-hybridized carbons (Fsp3) is 0.333. The number of carbonyl (C=O) groups is 1. The number of carbonyl (C=O) groups excluding carboxylic acids is 1. The number of benzene rings is 1. The number of rotatable bonds is 4. The predicted octanol–water partition coefficient (Wildman–Crippen LogP) is 1.75. The zero-order valence-corrected chi connectivity index (χ0v) is 17.5. The molecule has 1 fully saturated rings. The Kier molecular flexibility index (Phi) is 5.66. The van der Waals surface area contributed by atoms with Crippen LogP contribution in [0.2, 0.25) is 0 Å². The molecule has 2 aromatic rings. The molecular formula is C21H18F4N6O3. The Morgan fingerprint density at radius 2 is 2.12 bits per heavy atom. The van der Waals surface area contributed by atoms with Crippen LogP contribution in [0.1, 0.15) is 23.0 Å². The normalized spacial score (nSPS) is 25.4. The van der Waals surface area contributed by atoms with E-state index in [0.29, 0.717) is 0 Å². The number of aromatic nitrogens is 1. The lowest BCUT2D eigenvalue weighted by atomic mass is 9.75. The lowest BCUT2D eigenvalue weighted by Gasteiger charge is -2.39. The van der Waals surface area contributed by atoms with E-state index in [9.17, 15) is 23.1 Å². The standard InChI is InChI=1S/C21H18F4N6O3/c1-31-18(33)15-16(21(23,24)25)34-9-20(15,30-19(31)27)12-6-11(3-4-13(12)22)29-17(32)14-5-2-10(7-26)8-28-14/h2-6,8,15-17,29,32H,9H2,1H3,(H2,27,30). The van der Waals surface area contributed by atoms with Crippen molar-refractivity contribution in [3.63, 3.8) is 0 Å². The maximum atomic E-state index is 15.0. The highest BCUT2D eigenvalue weighted by Crippen LogP contribution is 2.51. The van der Waals surface area contributed by atoms with Crippen LogP contribution in [0.4, 0.5) is 23.2 Å². The van der Waals surface area contributed by atoms with Crippen LogP contribution in [0.25, 0.3) is 0 Å². The summed E-state index contributed by atoms with van der Waals surface area (Å²) in [6, 6.07) is 8.08. The quantitative estimate of drug-likeness (QED) is 0.450. The molecule has 1 amide bonds. The summed E-state index contributed by atoms with van der Waals surface area (Å²) in [6.07, 6.45) is -7.57. The number of guanidine groups is 1. The van der Waals surface area contributed by atoms with Crippen LogP contribution in [0.3, 0.4) is 0 Å². The smallest absolute Gasteiger partial charge is 0.369 e. The van der Waals surface area contributed by atoms with E-state index in [1.54, 1.807) is 0 Å². The minimum Gasteiger partial charge on any atom is -0.369 e. The largest absolute Gasteiger partial charge is 0.415 e. The maximum Gasteiger partial charge on any atom is 0.415 e. The first-order valence-corrected chi connectivity index (χ1v) is 9.90. The molecule has 4 atom stereocenters. The number of nitrogens with one attached hydrogen (secondary N) is 1. The van der Waals surface area contributed by atoms with Crippen molar-refractivity contribution in [2.75, 3.05) is 19.0 Å². The average Bonchev–Trinajstić information content (AvgIpc) is 3.19. The molecule has 178 valence electrons. The number of nitriles is 1. The molecule has 2 aliphatic rings. The third kappa shape index (κ3) is 3.80. The molecule has 2 aliphatic heterocycles. The Morgan fingerprint density at radius 1 is 1.38 bits per heavy atom. The number of fused-ring (bicyclic) bond motifs is 1. The SMILES string of the molecule is CN1C(=O)C2C(C(F)(F)F)OCC2(c2cc(NC(O)c3ccc(C#N)cn3)ccc2F)N=C1N. The average molecular weight is 478 g/mol. The van der Waals surface area contributed by atoms with Crippen LogP contribution in [0.15, 0.2) is 41.5 Å². The van der Waals surface area contributed by atoms with Crippen LogP contribution in [0, 0.1) is 23.1 Å². The van der Waals surface area contributed by atoms with Gasteiger partial charge in [-0.2, -0.15) is 18.4 Å². The second kappa shape index (κ2) is 8.23. The number of amides is 1. The first-order valence-electron chi connectivity index (χ1n) is 9.90. The lowest BCUT2D eigenvalue weighted by molar-refractivity contribution is -0.218. The van der Waals surface area contributed by atoms with Crippen LogP contribution < -0.4 is 11.1 Å². The number of alkyl halides is 3. The van der Waals surface area contributed by atoms with Gasteiger partial charge in [0.15, 0.2) is 18.3 Å². The van der Waals surface area contributed by atoms with Gasteiger partial charge in [0, 0.05) is 24.5 Å². The molecule has 3 heterocycles. The van der Waals surface area contributed by atoms with Crippen molar-refractivity contribution in [3.8, 4) is 6.07 Å². The number of nitrogens with zero attached hydrogens (tertiary/aromatic N) is 4. The Bertz CT molecular complexity index is 1200. The molecule has 0 radical (unpaired) electrons. The number of anilines is 1. The lowest BCUT2D eigenvalue weighted by Crippen LogP contribution is -2.57. The summed E-state index contributed by atoms with van der Waals surface area (Å²) >= 11 is 0. The van der Waals surface area contributed by atoms with E-state index in [0.717, 1.165) is 17.0 Å². The molecule has 1 aromatic carbocycles. The van der Waals surface area contributed by atoms with Gasteiger partial charge in [0.05, 0.1) is 17.9 Å². The van der Waals surface area contributed by atoms with Gasteiger partial charge in [0.2, 0.25) is 5.91 Å². The van der Waals surface area contributed by atoms with Gasteiger partial charge < -0.3 is 20.9 Å². The molecule has 0 spiro atoms. The number of hydrogen-bond acceptors (Lipinski definition) is 8. The zero-order chi connectivity index (χ0) is 24.8. The van der Waals surface area contributed by atoms with Gasteiger partial charge in [-0.25, -0.2) is 9.38 Å². The minimum absolute atomic E-state index is 0.110. The third-order valence-corrected chi connectivity index (χ3v) is 5.81. The number of aliphatic hydroxyl groups is 1. The molecule has 4 rings (SSSR count). The monoisotopic (exact) mass is 478 g/mol. The van der Waals surface area contributed by atoms with Crippen molar-refractivity contribution < 1.29 is 32.2 Å². The molecule has 9 nitrogen and oxygen atoms in total. The van der Waals surface area contributed by atoms with Crippen molar-refractivity contribution in [1.29, 1.82) is 5.26 Å². The van der Waals surface area contributed by atoms with Crippen molar-refractivity contribution in [3.05, 3.63) is 59.2 Å². The van der Waals surface area contributed by atoms with Gasteiger partial charge in [-0.15, -0.1) is 0 Å². The Labute approximate surface area is 190 Å². The van der Waals surface area contributed by atoms with E-state index in [-0.39, 0.29) is 28.5 Å². The van der Waals surface area contributed by atoms with Gasteiger partial charge in [0.1, 0.15) is 23.3 Å². The fourth-order valence-corrected chi connectivity index (χ4v) is 4.09. The van der Waals surface area contributed by atoms with Crippen molar-refractivity contribution in [2.45, 2.75) is 24.0 Å². The molecule has 4 unspecified atom stereocenters. The van der Waals surface area contributed by atoms with Crippen LogP contribution in [0.5, 0.6) is 0 Å². The summed E-state index contributed by atoms with van der Waals surface area (Å²) in [5.74, 6) is -4.22. The number of ether oxygens (including phenoxy) is 1. The minimum atomic E-state index is -4.91. The summed E-state index contributed by atoms with van der Waals surface area (Å²) in [6.45, 7) is -0.734. The molecule has 1 aromatic heterocycles. The fourth-order valence-electron chi connectivity index (χ4n) is 4.09. The number of hydrogen-bond donors (Lipinski definition) is 3. The van der Waals surface area contributed by atoms with Gasteiger partial charge >= 0.3 is 6.18 Å². The second-order valence-electron chi connectivity index (χ2n) is 7.87. The van der Waals surface area contributed by atoms with Gasteiger partial charge in [-0.3, -0.25) is 14.7 Å². The topological polar surface area (TPSA) is 137 Å². The molecular weight excluding hydrogens is 460 g/mol. The van der Waals surface area contributed by atoms with E-state index >= 15 is 4.39 Å². The zero-order valence-electron chi connectivity index (χ0n) is 17.5. The molecule has 4 N–H and O–H groups in total. The summed E-state index contributed by atoms with van der Waals surface area (Å²) in [5, 5.41) is 21.9. The summed E-state index contributed by atoms with van der Waals surface area (Å²) in [4.78, 5) is 21.7. The van der Waals surface area contributed by atoms with Crippen molar-refractivity contribution in [1.82, 2.24) is 9.88 Å². The number of aliphatic hydroxyl groups excluding tert-OH is 1. The first kappa shape index (κ1) is 23.4. The summed E-state index contributed by atoms with van der Waals surface area (Å²) in [7, 11) is 1.17. The number of pyridine rings is 1. The number of halogens is 4. The van der Waals surface area contributed by atoms with E-state index in [1.807, 2.05) is 6.07 Å². The number of nitrogens with two attached hydrogens (primary N) is 1. The third-order valence-electron chi connectivity index (χ3n) is 5.81. The van der Waals surface area contributed by atoms with E-state index in [2.05, 4.69) is 15.3 Å². The van der Waals surface area contributed by atoms with Crippen molar-refractivity contribution >= 4 is 17.6 Å². The van der Waals surface area contributed by atoms with Crippen LogP contribution >= 0.6 is 0 Å². The predicted molar refractivity (Wildman–Crippen MR) is 109 cm³/mol. The van der Waals surface area contributed by atoms with Crippen LogP contribution in [-0.2, 0) is 15.1 Å². The van der Waals surface area contributed by atoms with Crippen molar-refractivity contribution in [2.24, 2.45) is 16.6 Å². The highest BCUT2D eigenvalue weighted by molar-refractivity contribution is 6.00. The van der Waals surface area contributed by atoms with E-state index < -0.39 is 48.3 Å². The van der Waals surface area contributed by atoms with Gasteiger partial charge in [-0.05, 0) is 30.3 Å². The second-order valence-corrected chi connectivity index (χ2v) is 7.87. The molecule has 13 heteroatoms. The molecule has 34 heavy (non-hydrogen) atoms. The highest BCUT2D eigenvalue weighted by Gasteiger charge is 2.66. The first-order chi connectivity index (χ1) is 16.0. The number of aliphatic imine (C=N–C) groups is 1. The summed E-state index contributed by atoms with van der Waals surface area (Å²) < 4.78 is 60.9. The Hall–Kier alpha value is -3.76. The van der Waals surface area contributed by atoms with Crippen LogP contribution in [-0.4, -0.2) is 52.8 Å². The Balaban J connectivity index is 1.75. The van der Waals surface area contributed by atoms with Gasteiger partial charge in [0.25, 0.3) is 0 Å². The Morgan fingerprint density at radius 3 is 2.74 bits per heavy atom. The van der Waals surface area contributed by atoms with Gasteiger partial charge in [-0.1, -0.05) is 0 Å². The molecule has 0 bridgehead atoms.